The minimum Gasteiger partial charge on any atom is -0.497 e. The fourth-order valence-electron chi connectivity index (χ4n) is 2.15. The number of carbonyl (C=O) groups excluding carboxylic acids is 1. The van der Waals surface area contributed by atoms with Crippen LogP contribution in [0.1, 0.15) is 43.0 Å². The van der Waals surface area contributed by atoms with E-state index in [0.29, 0.717) is 17.2 Å². The van der Waals surface area contributed by atoms with E-state index in [2.05, 4.69) is 6.92 Å². The second-order valence-corrected chi connectivity index (χ2v) is 4.80. The molecule has 1 aromatic carbocycles. The number of methoxy groups -OCH3 is 1. The molecule has 0 saturated heterocycles. The fraction of sp³-hybridized carbons (Fsp3) is 0.467. The highest BCUT2D eigenvalue weighted by Gasteiger charge is 2.25. The van der Waals surface area contributed by atoms with E-state index in [1.54, 1.807) is 31.4 Å². The van der Waals surface area contributed by atoms with Gasteiger partial charge < -0.3 is 4.74 Å². The first-order valence-corrected chi connectivity index (χ1v) is 6.59. The molecule has 4 nitrogen and oxygen atoms in total. The third kappa shape index (κ3) is 3.70. The van der Waals surface area contributed by atoms with Crippen LogP contribution in [0.3, 0.4) is 0 Å². The molecule has 4 heteroatoms. The molecule has 0 aliphatic heterocycles. The quantitative estimate of drug-likeness (QED) is 0.616. The molecule has 1 radical (unpaired) electrons. The van der Waals surface area contributed by atoms with Crippen LogP contribution in [-0.4, -0.2) is 13.1 Å². The molecule has 103 valence electrons. The number of benzene rings is 1. The molecule has 1 atom stereocenters. The molecule has 1 fully saturated rings. The molecule has 2 rings (SSSR count). The predicted octanol–water partition coefficient (Wildman–Crippen LogP) is 3.53. The maximum absolute atomic E-state index is 11.8. The summed E-state index contributed by atoms with van der Waals surface area (Å²) in [5, 5.41) is 0. The molecule has 1 aliphatic rings. The van der Waals surface area contributed by atoms with Crippen LogP contribution in [0.4, 0.5) is 0 Å². The van der Waals surface area contributed by atoms with Crippen molar-refractivity contribution in [3.63, 3.8) is 0 Å². The summed E-state index contributed by atoms with van der Waals surface area (Å²) in [5.74, 6) is 0.582. The summed E-state index contributed by atoms with van der Waals surface area (Å²) in [4.78, 5) is 21.9. The monoisotopic (exact) mass is 263 g/mol. The number of hydrogen-bond acceptors (Lipinski definition) is 4. The Morgan fingerprint density at radius 2 is 1.95 bits per heavy atom. The number of carbonyl (C=O) groups is 1. The van der Waals surface area contributed by atoms with Crippen molar-refractivity contribution in [2.75, 3.05) is 7.11 Å². The molecule has 1 saturated carbocycles. The van der Waals surface area contributed by atoms with E-state index in [9.17, 15) is 4.79 Å². The number of hydrogen-bond donors (Lipinski definition) is 0. The molecular weight excluding hydrogens is 244 g/mol. The Hall–Kier alpha value is -1.55. The summed E-state index contributed by atoms with van der Waals surface area (Å²) in [5.41, 5.74) is 0.449. The fourth-order valence-corrected chi connectivity index (χ4v) is 2.15. The topological polar surface area (TPSA) is 44.8 Å². The molecule has 1 unspecified atom stereocenters. The van der Waals surface area contributed by atoms with Crippen LogP contribution >= 0.6 is 0 Å². The minimum absolute atomic E-state index is 0.359. The van der Waals surface area contributed by atoms with Crippen LogP contribution in [-0.2, 0) is 9.78 Å². The first-order valence-electron chi connectivity index (χ1n) is 6.59. The predicted molar refractivity (Wildman–Crippen MR) is 70.4 cm³/mol. The standard InChI is InChI=1S/C15H19O4/c1-11-5-3-4-6-14(11)18-19-15(16)12-7-9-13(17-2)10-8-12/h7-11H,3-6H2,1-2H3. The van der Waals surface area contributed by atoms with Crippen LogP contribution < -0.4 is 4.74 Å². The summed E-state index contributed by atoms with van der Waals surface area (Å²) < 4.78 is 5.03. The molecule has 1 aliphatic carbocycles. The van der Waals surface area contributed by atoms with Crippen LogP contribution in [0, 0.1) is 12.0 Å². The molecular formula is C15H19O4. The van der Waals surface area contributed by atoms with Crippen LogP contribution in [0.5, 0.6) is 5.75 Å². The molecule has 0 heterocycles. The van der Waals surface area contributed by atoms with Crippen LogP contribution in [0.2, 0.25) is 0 Å². The maximum atomic E-state index is 11.8. The van der Waals surface area contributed by atoms with E-state index in [-0.39, 0.29) is 0 Å². The van der Waals surface area contributed by atoms with Gasteiger partial charge in [-0.25, -0.2) is 4.79 Å². The first-order chi connectivity index (χ1) is 9.20. The van der Waals surface area contributed by atoms with Crippen molar-refractivity contribution in [2.45, 2.75) is 32.6 Å². The number of ether oxygens (including phenoxy) is 1. The lowest BCUT2D eigenvalue weighted by atomic mass is 9.88. The largest absolute Gasteiger partial charge is 0.497 e. The highest BCUT2D eigenvalue weighted by molar-refractivity contribution is 5.89. The van der Waals surface area contributed by atoms with Gasteiger partial charge in [-0.05, 0) is 43.0 Å². The van der Waals surface area contributed by atoms with Crippen molar-refractivity contribution < 1.29 is 19.3 Å². The van der Waals surface area contributed by atoms with Crippen LogP contribution in [0.15, 0.2) is 24.3 Å². The second kappa shape index (κ2) is 6.57. The molecule has 0 N–H and O–H groups in total. The van der Waals surface area contributed by atoms with Crippen molar-refractivity contribution in [1.29, 1.82) is 0 Å². The Morgan fingerprint density at radius 1 is 1.21 bits per heavy atom. The summed E-state index contributed by atoms with van der Waals surface area (Å²) in [6, 6.07) is 6.74. The van der Waals surface area contributed by atoms with E-state index in [0.717, 1.165) is 25.4 Å². The van der Waals surface area contributed by atoms with E-state index in [1.165, 1.54) is 6.42 Å². The lowest BCUT2D eigenvalue weighted by Gasteiger charge is -2.25. The third-order valence-corrected chi connectivity index (χ3v) is 3.41. The van der Waals surface area contributed by atoms with Crippen molar-refractivity contribution in [3.05, 3.63) is 35.9 Å². The van der Waals surface area contributed by atoms with Gasteiger partial charge in [-0.1, -0.05) is 19.8 Å². The van der Waals surface area contributed by atoms with E-state index < -0.39 is 5.97 Å². The average Bonchev–Trinajstić information content (AvgIpc) is 2.46. The van der Waals surface area contributed by atoms with Gasteiger partial charge in [0.1, 0.15) is 5.75 Å². The van der Waals surface area contributed by atoms with Gasteiger partial charge in [0, 0.05) is 0 Å². The zero-order valence-corrected chi connectivity index (χ0v) is 11.3. The van der Waals surface area contributed by atoms with Gasteiger partial charge >= 0.3 is 5.97 Å². The van der Waals surface area contributed by atoms with Gasteiger partial charge in [0.15, 0.2) is 6.10 Å². The van der Waals surface area contributed by atoms with Gasteiger partial charge in [-0.2, -0.15) is 4.89 Å². The molecule has 0 bridgehead atoms. The molecule has 0 aromatic heterocycles. The lowest BCUT2D eigenvalue weighted by molar-refractivity contribution is -0.246. The smallest absolute Gasteiger partial charge is 0.373 e. The van der Waals surface area contributed by atoms with E-state index >= 15 is 0 Å². The minimum atomic E-state index is -0.479. The Bertz CT molecular complexity index is 413. The summed E-state index contributed by atoms with van der Waals surface area (Å²) >= 11 is 0. The number of rotatable bonds is 4. The molecule has 0 spiro atoms. The Morgan fingerprint density at radius 3 is 2.58 bits per heavy atom. The maximum Gasteiger partial charge on any atom is 0.373 e. The van der Waals surface area contributed by atoms with Gasteiger partial charge in [-0.3, -0.25) is 4.89 Å². The first kappa shape index (κ1) is 13.9. The van der Waals surface area contributed by atoms with Gasteiger partial charge in [0.05, 0.1) is 12.7 Å². The summed E-state index contributed by atoms with van der Waals surface area (Å²) in [6.45, 7) is 2.09. The van der Waals surface area contributed by atoms with Crippen LogP contribution in [0.25, 0.3) is 0 Å². The van der Waals surface area contributed by atoms with E-state index in [4.69, 9.17) is 14.5 Å². The Balaban J connectivity index is 1.86. The van der Waals surface area contributed by atoms with Crippen molar-refractivity contribution >= 4 is 5.97 Å². The van der Waals surface area contributed by atoms with Gasteiger partial charge in [0.2, 0.25) is 0 Å². The zero-order valence-electron chi connectivity index (χ0n) is 11.3. The normalized spacial score (nSPS) is 20.0. The highest BCUT2D eigenvalue weighted by atomic mass is 17.2. The SMILES string of the molecule is COc1ccc(C(=O)OO[C]2CCCCC2C)cc1. The Kier molecular flexibility index (Phi) is 4.80. The van der Waals surface area contributed by atoms with Crippen molar-refractivity contribution in [2.24, 2.45) is 5.92 Å². The van der Waals surface area contributed by atoms with Gasteiger partial charge in [-0.15, -0.1) is 0 Å². The molecule has 1 aromatic rings. The summed E-state index contributed by atoms with van der Waals surface area (Å²) in [7, 11) is 1.58. The highest BCUT2D eigenvalue weighted by Crippen LogP contribution is 2.32. The van der Waals surface area contributed by atoms with E-state index in [1.807, 2.05) is 0 Å². The van der Waals surface area contributed by atoms with Gasteiger partial charge in [0.25, 0.3) is 0 Å². The zero-order chi connectivity index (χ0) is 13.7. The lowest BCUT2D eigenvalue weighted by Crippen LogP contribution is -2.19. The molecule has 19 heavy (non-hydrogen) atoms. The summed E-state index contributed by atoms with van der Waals surface area (Å²) in [6.07, 6.45) is 5.14. The van der Waals surface area contributed by atoms with Crippen molar-refractivity contribution in [3.8, 4) is 5.75 Å². The average molecular weight is 263 g/mol. The second-order valence-electron chi connectivity index (χ2n) is 4.80. The molecule has 0 amide bonds. The third-order valence-electron chi connectivity index (χ3n) is 3.41. The Labute approximate surface area is 113 Å². The van der Waals surface area contributed by atoms with Crippen molar-refractivity contribution in [1.82, 2.24) is 0 Å².